The molecule has 1 N–H and O–H groups in total. The van der Waals surface area contributed by atoms with Crippen LogP contribution in [0.15, 0.2) is 41.0 Å². The van der Waals surface area contributed by atoms with Crippen LogP contribution >= 0.6 is 27.5 Å². The van der Waals surface area contributed by atoms with Crippen LogP contribution in [-0.4, -0.2) is 45.2 Å². The molecule has 0 bridgehead atoms. The lowest BCUT2D eigenvalue weighted by molar-refractivity contribution is 0.295. The molecule has 2 aromatic heterocycles. The third-order valence-corrected chi connectivity index (χ3v) is 5.87. The normalized spacial score (nSPS) is 12.6. The lowest BCUT2D eigenvalue weighted by Crippen LogP contribution is -2.26. The molecule has 1 atom stereocenters. The number of hydrogen-bond donors (Lipinski definition) is 1. The van der Waals surface area contributed by atoms with Gasteiger partial charge < -0.3 is 10.2 Å². The van der Waals surface area contributed by atoms with Crippen LogP contribution in [0.2, 0.25) is 5.02 Å². The van der Waals surface area contributed by atoms with Crippen molar-refractivity contribution in [2.24, 2.45) is 0 Å². The topological polar surface area (TPSA) is 45.5 Å². The highest BCUT2D eigenvalue weighted by Gasteiger charge is 2.14. The Morgan fingerprint density at radius 3 is 2.71 bits per heavy atom. The molecule has 0 aliphatic heterocycles. The second-order valence-corrected chi connectivity index (χ2v) is 8.21. The van der Waals surface area contributed by atoms with Crippen molar-refractivity contribution in [1.29, 1.82) is 0 Å². The first-order valence-electron chi connectivity index (χ1n) is 9.81. The maximum atomic E-state index is 6.41. The molecule has 7 heteroatoms. The van der Waals surface area contributed by atoms with Crippen LogP contribution in [0.5, 0.6) is 0 Å². The van der Waals surface area contributed by atoms with Gasteiger partial charge >= 0.3 is 0 Å². The first-order valence-corrected chi connectivity index (χ1v) is 11.0. The van der Waals surface area contributed by atoms with Gasteiger partial charge in [-0.1, -0.05) is 43.6 Å². The van der Waals surface area contributed by atoms with E-state index in [9.17, 15) is 0 Å². The summed E-state index contributed by atoms with van der Waals surface area (Å²) in [6.45, 7) is 9.97. The van der Waals surface area contributed by atoms with E-state index in [1.165, 1.54) is 0 Å². The van der Waals surface area contributed by atoms with Crippen LogP contribution in [0.25, 0.3) is 16.9 Å². The predicted molar refractivity (Wildman–Crippen MR) is 121 cm³/mol. The van der Waals surface area contributed by atoms with Crippen LogP contribution in [0.4, 0.5) is 5.82 Å². The number of fused-ring (bicyclic) bond motifs is 1. The third kappa shape index (κ3) is 4.85. The first-order chi connectivity index (χ1) is 13.5. The molecule has 0 radical (unpaired) electrons. The van der Waals surface area contributed by atoms with Crippen LogP contribution in [0.1, 0.15) is 33.6 Å². The fourth-order valence-electron chi connectivity index (χ4n) is 3.33. The zero-order valence-electron chi connectivity index (χ0n) is 16.6. The van der Waals surface area contributed by atoms with Crippen molar-refractivity contribution in [3.8, 4) is 11.3 Å². The van der Waals surface area contributed by atoms with Gasteiger partial charge in [-0.2, -0.15) is 9.61 Å². The van der Waals surface area contributed by atoms with Crippen molar-refractivity contribution in [1.82, 2.24) is 19.5 Å². The second-order valence-electron chi connectivity index (χ2n) is 6.95. The van der Waals surface area contributed by atoms with E-state index in [0.717, 1.165) is 59.7 Å². The molecule has 1 aromatic carbocycles. The van der Waals surface area contributed by atoms with Gasteiger partial charge in [0.25, 0.3) is 0 Å². The average molecular weight is 465 g/mol. The maximum Gasteiger partial charge on any atom is 0.172 e. The average Bonchev–Trinajstić information content (AvgIpc) is 3.07. The number of aromatic nitrogens is 3. The van der Waals surface area contributed by atoms with Crippen molar-refractivity contribution in [3.63, 3.8) is 0 Å². The van der Waals surface area contributed by atoms with E-state index < -0.39 is 0 Å². The van der Waals surface area contributed by atoms with E-state index in [4.69, 9.17) is 16.6 Å². The van der Waals surface area contributed by atoms with Crippen molar-refractivity contribution < 1.29 is 0 Å². The molecule has 0 aliphatic carbocycles. The zero-order valence-corrected chi connectivity index (χ0v) is 19.0. The van der Waals surface area contributed by atoms with Gasteiger partial charge in [-0.25, -0.2) is 4.98 Å². The molecular weight excluding hydrogens is 438 g/mol. The summed E-state index contributed by atoms with van der Waals surface area (Å²) >= 11 is 9.96. The highest BCUT2D eigenvalue weighted by molar-refractivity contribution is 9.10. The lowest BCUT2D eigenvalue weighted by Gasteiger charge is -2.20. The number of hydrogen-bond acceptors (Lipinski definition) is 4. The number of nitrogens with zero attached hydrogens (tertiary/aromatic N) is 4. The minimum absolute atomic E-state index is 0.322. The van der Waals surface area contributed by atoms with Crippen LogP contribution in [0, 0.1) is 0 Å². The molecule has 0 fully saturated rings. The van der Waals surface area contributed by atoms with E-state index in [0.29, 0.717) is 11.1 Å². The van der Waals surface area contributed by atoms with Gasteiger partial charge in [0.15, 0.2) is 5.65 Å². The highest BCUT2D eigenvalue weighted by atomic mass is 79.9. The van der Waals surface area contributed by atoms with Gasteiger partial charge in [-0.3, -0.25) is 0 Å². The maximum absolute atomic E-state index is 6.41. The Morgan fingerprint density at radius 1 is 1.25 bits per heavy atom. The zero-order chi connectivity index (χ0) is 20.1. The van der Waals surface area contributed by atoms with E-state index >= 15 is 0 Å². The fourth-order valence-corrected chi connectivity index (χ4v) is 3.91. The van der Waals surface area contributed by atoms with E-state index in [1.54, 1.807) is 6.20 Å². The number of rotatable bonds is 9. The Balaban J connectivity index is 1.83. The summed E-state index contributed by atoms with van der Waals surface area (Å²) in [6, 6.07) is 10.1. The molecule has 0 saturated carbocycles. The quantitative estimate of drug-likeness (QED) is 0.439. The summed E-state index contributed by atoms with van der Waals surface area (Å²) < 4.78 is 2.70. The summed E-state index contributed by atoms with van der Waals surface area (Å²) in [5, 5.41) is 8.77. The Labute approximate surface area is 180 Å². The monoisotopic (exact) mass is 463 g/mol. The minimum atomic E-state index is 0.322. The molecule has 0 saturated heterocycles. The van der Waals surface area contributed by atoms with Gasteiger partial charge in [0.1, 0.15) is 5.82 Å². The molecule has 150 valence electrons. The number of benzene rings is 1. The van der Waals surface area contributed by atoms with Crippen molar-refractivity contribution in [2.45, 2.75) is 39.7 Å². The largest absolute Gasteiger partial charge is 0.367 e. The standard InChI is InChI=1S/C21H27BrClN5/c1-4-27(5-2)12-8-9-15(3)25-20-13-19(16-10-6-7-11-18(16)23)26-21-17(22)14-24-28(20)21/h6-7,10-11,13-15,25H,4-5,8-9,12H2,1-3H3. The third-order valence-electron chi connectivity index (χ3n) is 4.98. The molecule has 0 amide bonds. The summed E-state index contributed by atoms with van der Waals surface area (Å²) in [7, 11) is 0. The van der Waals surface area contributed by atoms with Crippen LogP contribution < -0.4 is 5.32 Å². The van der Waals surface area contributed by atoms with E-state index in [-0.39, 0.29) is 0 Å². The van der Waals surface area contributed by atoms with Gasteiger partial charge in [0.05, 0.1) is 16.4 Å². The minimum Gasteiger partial charge on any atom is -0.367 e. The Morgan fingerprint density at radius 2 is 2.00 bits per heavy atom. The molecule has 3 aromatic rings. The van der Waals surface area contributed by atoms with Crippen molar-refractivity contribution >= 4 is 39.0 Å². The van der Waals surface area contributed by atoms with Crippen molar-refractivity contribution in [3.05, 3.63) is 46.0 Å². The van der Waals surface area contributed by atoms with E-state index in [1.807, 2.05) is 34.8 Å². The highest BCUT2D eigenvalue weighted by Crippen LogP contribution is 2.30. The summed E-state index contributed by atoms with van der Waals surface area (Å²) in [4.78, 5) is 7.22. The lowest BCUT2D eigenvalue weighted by atomic mass is 10.1. The first kappa shape index (κ1) is 21.1. The molecule has 0 aliphatic rings. The van der Waals surface area contributed by atoms with Gasteiger partial charge in [0.2, 0.25) is 0 Å². The Kier molecular flexibility index (Phi) is 7.32. The number of anilines is 1. The molecule has 1 unspecified atom stereocenters. The van der Waals surface area contributed by atoms with Gasteiger partial charge in [-0.15, -0.1) is 0 Å². The summed E-state index contributed by atoms with van der Waals surface area (Å²) in [6.07, 6.45) is 4.02. The summed E-state index contributed by atoms with van der Waals surface area (Å²) in [5.41, 5.74) is 2.52. The molecule has 28 heavy (non-hydrogen) atoms. The number of halogens is 2. The Bertz CT molecular complexity index is 922. The van der Waals surface area contributed by atoms with Gasteiger partial charge in [0, 0.05) is 22.7 Å². The smallest absolute Gasteiger partial charge is 0.172 e. The predicted octanol–water partition coefficient (Wildman–Crippen LogP) is 5.73. The Hall–Kier alpha value is -1.63. The molecule has 5 nitrogen and oxygen atoms in total. The van der Waals surface area contributed by atoms with Gasteiger partial charge in [-0.05, 0) is 61.4 Å². The molecule has 2 heterocycles. The molecule has 0 spiro atoms. The number of nitrogens with one attached hydrogen (secondary N) is 1. The summed E-state index contributed by atoms with van der Waals surface area (Å²) in [5.74, 6) is 0.918. The molecular formula is C21H27BrClN5. The molecule has 3 rings (SSSR count). The fraction of sp³-hybridized carbons (Fsp3) is 0.429. The van der Waals surface area contributed by atoms with Crippen molar-refractivity contribution in [2.75, 3.05) is 25.0 Å². The SMILES string of the molecule is CCN(CC)CCCC(C)Nc1cc(-c2ccccc2Cl)nc2c(Br)cnn12. The van der Waals surface area contributed by atoms with Crippen LogP contribution in [0.3, 0.4) is 0 Å². The second kappa shape index (κ2) is 9.72. The van der Waals surface area contributed by atoms with Crippen LogP contribution in [-0.2, 0) is 0 Å². The van der Waals surface area contributed by atoms with E-state index in [2.05, 4.69) is 52.0 Å².